The lowest BCUT2D eigenvalue weighted by Crippen LogP contribution is -2.62. The molecule has 0 bridgehead atoms. The zero-order valence-corrected chi connectivity index (χ0v) is 27.2. The molecule has 3 heterocycles. The van der Waals surface area contributed by atoms with Crippen LogP contribution in [-0.4, -0.2) is 126 Å². The highest BCUT2D eigenvalue weighted by molar-refractivity contribution is 5.89. The highest BCUT2D eigenvalue weighted by atomic mass is 16.7. The van der Waals surface area contributed by atoms with Gasteiger partial charge in [-0.3, -0.25) is 4.79 Å². The van der Waals surface area contributed by atoms with Crippen molar-refractivity contribution in [3.05, 3.63) is 76.5 Å². The van der Waals surface area contributed by atoms with Crippen molar-refractivity contribution in [2.24, 2.45) is 0 Å². The Bertz CT molecular complexity index is 2040. The fraction of sp³-hybridized carbons (Fsp3) is 0.314. The van der Waals surface area contributed by atoms with Gasteiger partial charge < -0.3 is 79.2 Å². The van der Waals surface area contributed by atoms with Crippen molar-refractivity contribution >= 4 is 23.0 Å². The normalized spacial score (nSPS) is 27.5. The van der Waals surface area contributed by atoms with Crippen molar-refractivity contribution in [2.75, 3.05) is 13.2 Å². The molecule has 0 amide bonds. The topological polar surface area (TPSA) is 296 Å². The number of carbonyl (C=O) groups is 1. The van der Waals surface area contributed by atoms with Gasteiger partial charge in [0.15, 0.2) is 29.7 Å². The van der Waals surface area contributed by atoms with E-state index in [9.17, 15) is 60.7 Å². The molecule has 1 aromatic heterocycles. The number of benzene rings is 3. The molecule has 0 aliphatic carbocycles. The van der Waals surface area contributed by atoms with Crippen molar-refractivity contribution in [3.63, 3.8) is 0 Å². The number of phenols is 5. The second-order valence-corrected chi connectivity index (χ2v) is 12.2. The molecule has 0 saturated carbocycles. The molecule has 18 heteroatoms. The van der Waals surface area contributed by atoms with Gasteiger partial charge in [0.1, 0.15) is 64.8 Å². The maximum atomic E-state index is 14.0. The number of hydrogen-bond donors (Lipinski definition) is 10. The summed E-state index contributed by atoms with van der Waals surface area (Å²) in [5.74, 6) is -4.71. The van der Waals surface area contributed by atoms with Gasteiger partial charge in [0.2, 0.25) is 17.5 Å². The van der Waals surface area contributed by atoms with Crippen LogP contribution in [0.15, 0.2) is 69.9 Å². The van der Waals surface area contributed by atoms with E-state index in [4.69, 9.17) is 28.1 Å². The Morgan fingerprint density at radius 2 is 1.53 bits per heavy atom. The summed E-state index contributed by atoms with van der Waals surface area (Å²) in [4.78, 5) is 27.0. The van der Waals surface area contributed by atoms with Crippen LogP contribution in [0, 0.1) is 0 Å². The highest BCUT2D eigenvalue weighted by Gasteiger charge is 2.49. The van der Waals surface area contributed by atoms with E-state index < -0.39 is 120 Å². The molecule has 0 spiro atoms. The maximum Gasteiger partial charge on any atom is 0.331 e. The number of esters is 1. The second kappa shape index (κ2) is 15.3. The lowest BCUT2D eigenvalue weighted by Gasteiger charge is -2.42. The first-order chi connectivity index (χ1) is 25.2. The molecule has 6 rings (SSSR count). The lowest BCUT2D eigenvalue weighted by molar-refractivity contribution is -0.308. The second-order valence-electron chi connectivity index (χ2n) is 12.2. The van der Waals surface area contributed by atoms with Gasteiger partial charge in [0, 0.05) is 23.8 Å². The molecule has 3 aromatic carbocycles. The van der Waals surface area contributed by atoms with E-state index in [1.165, 1.54) is 36.4 Å². The predicted octanol–water partition coefficient (Wildman–Crippen LogP) is -0.106. The van der Waals surface area contributed by atoms with E-state index in [0.717, 1.165) is 30.3 Å². The summed E-state index contributed by atoms with van der Waals surface area (Å²) in [6.45, 7) is -1.09. The third kappa shape index (κ3) is 7.84. The van der Waals surface area contributed by atoms with Gasteiger partial charge in [0.25, 0.3) is 0 Å². The molecule has 53 heavy (non-hydrogen) atoms. The van der Waals surface area contributed by atoms with E-state index in [1.54, 1.807) is 0 Å². The van der Waals surface area contributed by atoms with Crippen molar-refractivity contribution < 1.29 is 84.0 Å². The smallest absolute Gasteiger partial charge is 0.331 e. The average molecular weight is 743 g/mol. The summed E-state index contributed by atoms with van der Waals surface area (Å²) in [5, 5.41) is 102. The quantitative estimate of drug-likeness (QED) is 0.0608. The molecule has 0 radical (unpaired) electrons. The molecule has 4 aromatic rings. The number of aliphatic hydroxyl groups excluding tert-OH is 5. The fourth-order valence-electron chi connectivity index (χ4n) is 5.65. The maximum absolute atomic E-state index is 14.0. The van der Waals surface area contributed by atoms with Crippen molar-refractivity contribution in [1.82, 2.24) is 0 Å². The van der Waals surface area contributed by atoms with E-state index >= 15 is 0 Å². The van der Waals surface area contributed by atoms with Gasteiger partial charge in [-0.25, -0.2) is 4.79 Å². The van der Waals surface area contributed by atoms with Crippen molar-refractivity contribution in [3.8, 4) is 45.8 Å². The van der Waals surface area contributed by atoms with Gasteiger partial charge in [-0.15, -0.1) is 0 Å². The molecule has 0 unspecified atom stereocenters. The number of rotatable bonds is 9. The number of aliphatic hydroxyl groups is 5. The Morgan fingerprint density at radius 1 is 0.792 bits per heavy atom. The summed E-state index contributed by atoms with van der Waals surface area (Å²) in [7, 11) is 0. The number of carbonyl (C=O) groups excluding carboxylic acids is 1. The summed E-state index contributed by atoms with van der Waals surface area (Å²) >= 11 is 0. The first kappa shape index (κ1) is 37.3. The Morgan fingerprint density at radius 3 is 2.25 bits per heavy atom. The highest BCUT2D eigenvalue weighted by Crippen LogP contribution is 2.40. The van der Waals surface area contributed by atoms with Crippen LogP contribution < -0.4 is 10.2 Å². The molecule has 2 fully saturated rings. The molecule has 9 atom stereocenters. The van der Waals surface area contributed by atoms with Crippen molar-refractivity contribution in [2.45, 2.75) is 55.3 Å². The van der Waals surface area contributed by atoms with Crippen LogP contribution in [0.2, 0.25) is 0 Å². The van der Waals surface area contributed by atoms with Crippen LogP contribution in [0.1, 0.15) is 5.56 Å². The molecule has 2 aliphatic rings. The van der Waals surface area contributed by atoms with Gasteiger partial charge in [0.05, 0.1) is 13.2 Å². The van der Waals surface area contributed by atoms with Crippen LogP contribution in [0.5, 0.6) is 34.5 Å². The molecule has 10 N–H and O–H groups in total. The first-order valence-electron chi connectivity index (χ1n) is 15.9. The average Bonchev–Trinajstić information content (AvgIpc) is 3.12. The standard InChI is InChI=1S/C35H34O18/c36-16-5-1-14(2-6-16)3-8-24(42)52-33-29(46)27(44)23(13-49-34-30(47)26(43)21(41)12-48-34)51-35(33)53-32-28(45)25-20(40)10-17(37)11-22(25)50-31(32)15-4-7-18(38)19(39)9-15/h1-11,21,23,26-27,29-30,33-41,43-44,46-47H,12-13H2/t21-,23+,26-,27-,29-,30+,33+,34-,35-/m0/s1. The largest absolute Gasteiger partial charge is 0.508 e. The van der Waals surface area contributed by atoms with Crippen LogP contribution >= 0.6 is 0 Å². The van der Waals surface area contributed by atoms with E-state index in [0.29, 0.717) is 5.56 Å². The number of aromatic hydroxyl groups is 5. The lowest BCUT2D eigenvalue weighted by atomic mass is 9.98. The third-order valence-corrected chi connectivity index (χ3v) is 8.47. The Labute approximate surface area is 297 Å². The molecule has 282 valence electrons. The number of phenolic OH excluding ortho intramolecular Hbond substituents is 5. The minimum atomic E-state index is -2.02. The van der Waals surface area contributed by atoms with Gasteiger partial charge in [-0.2, -0.15) is 0 Å². The van der Waals surface area contributed by atoms with E-state index in [-0.39, 0.29) is 16.9 Å². The van der Waals surface area contributed by atoms with Crippen LogP contribution in [0.4, 0.5) is 0 Å². The van der Waals surface area contributed by atoms with Gasteiger partial charge in [-0.05, 0) is 42.0 Å². The third-order valence-electron chi connectivity index (χ3n) is 8.47. The van der Waals surface area contributed by atoms with E-state index in [2.05, 4.69) is 0 Å². The summed E-state index contributed by atoms with van der Waals surface area (Å²) < 4.78 is 33.8. The fourth-order valence-corrected chi connectivity index (χ4v) is 5.65. The molecular formula is C35H34O18. The monoisotopic (exact) mass is 742 g/mol. The first-order valence-corrected chi connectivity index (χ1v) is 15.9. The molecule has 2 aliphatic heterocycles. The predicted molar refractivity (Wildman–Crippen MR) is 177 cm³/mol. The zero-order chi connectivity index (χ0) is 38.1. The summed E-state index contributed by atoms with van der Waals surface area (Å²) in [6, 6.07) is 10.9. The number of fused-ring (bicyclic) bond motifs is 1. The molecule has 18 nitrogen and oxygen atoms in total. The van der Waals surface area contributed by atoms with Gasteiger partial charge in [-0.1, -0.05) is 12.1 Å². The SMILES string of the molecule is O=C(C=Cc1ccc(O)cc1)O[C@H]1[C@H](Oc2c(-c3ccc(O)c(O)c3)oc3cc(O)cc(O)c3c2=O)O[C@H](CO[C@@H]2OC[C@H](O)[C@H](O)[C@H]2O)[C@H](O)[C@@H]1O. The van der Waals surface area contributed by atoms with Crippen LogP contribution in [0.25, 0.3) is 28.4 Å². The minimum Gasteiger partial charge on any atom is -0.508 e. The minimum absolute atomic E-state index is 0.0248. The number of ether oxygens (including phenoxy) is 5. The molecular weight excluding hydrogens is 708 g/mol. The molecule has 2 saturated heterocycles. The van der Waals surface area contributed by atoms with Crippen molar-refractivity contribution in [1.29, 1.82) is 0 Å². The Balaban J connectivity index is 1.37. The zero-order valence-electron chi connectivity index (χ0n) is 27.2. The summed E-state index contributed by atoms with van der Waals surface area (Å²) in [6.07, 6.45) is -13.4. The van der Waals surface area contributed by atoms with Crippen LogP contribution in [0.3, 0.4) is 0 Å². The van der Waals surface area contributed by atoms with E-state index in [1.807, 2.05) is 0 Å². The summed E-state index contributed by atoms with van der Waals surface area (Å²) in [5.41, 5.74) is -1.03. The Hall–Kier alpha value is -5.44. The van der Waals surface area contributed by atoms with Crippen LogP contribution in [-0.2, 0) is 23.7 Å². The van der Waals surface area contributed by atoms with Gasteiger partial charge >= 0.3 is 5.97 Å². The Kier molecular flexibility index (Phi) is 10.8. The number of hydrogen-bond acceptors (Lipinski definition) is 18.